The van der Waals surface area contributed by atoms with Crippen LogP contribution in [0.2, 0.25) is 5.02 Å². The topological polar surface area (TPSA) is 74.2 Å². The molecule has 0 amide bonds. The molecule has 6 nitrogen and oxygen atoms in total. The lowest BCUT2D eigenvalue weighted by Gasteiger charge is -2.16. The average Bonchev–Trinajstić information content (AvgIpc) is 2.56. The number of aromatic nitrogens is 2. The second kappa shape index (κ2) is 9.62. The lowest BCUT2D eigenvalue weighted by Crippen LogP contribution is -2.39. The fraction of sp³-hybridized carbons (Fsp3) is 0.368. The summed E-state index contributed by atoms with van der Waals surface area (Å²) in [7, 11) is 0. The highest BCUT2D eigenvalue weighted by molar-refractivity contribution is 7.80. The zero-order valence-corrected chi connectivity index (χ0v) is 17.8. The Morgan fingerprint density at radius 2 is 1.81 bits per heavy atom. The monoisotopic (exact) mass is 404 g/mol. The van der Waals surface area contributed by atoms with E-state index < -0.39 is 0 Å². The van der Waals surface area contributed by atoms with Gasteiger partial charge >= 0.3 is 0 Å². The van der Waals surface area contributed by atoms with Crippen LogP contribution in [0.3, 0.4) is 0 Å². The SMILES string of the molecule is Cc1cc(C)nc(NC(=NCC(C)C)NC(=S)Nc2cccc(C)c2Cl)n1. The van der Waals surface area contributed by atoms with E-state index in [1.165, 1.54) is 0 Å². The third kappa shape index (κ3) is 6.77. The quantitative estimate of drug-likeness (QED) is 0.396. The standard InChI is InChI=1S/C19H25ClN6S/c1-11(2)10-21-17(25-18-22-13(4)9-14(5)23-18)26-19(27)24-15-8-6-7-12(3)16(15)20/h6-9,11H,10H2,1-5H3,(H3,21,22,23,24,25,26,27). The van der Waals surface area contributed by atoms with Crippen LogP contribution in [-0.4, -0.2) is 27.6 Å². The number of benzene rings is 1. The van der Waals surface area contributed by atoms with E-state index in [1.54, 1.807) is 0 Å². The Bertz CT molecular complexity index is 830. The molecule has 0 saturated heterocycles. The Balaban J connectivity index is 2.15. The molecule has 0 aliphatic rings. The van der Waals surface area contributed by atoms with Crippen LogP contribution < -0.4 is 16.0 Å². The van der Waals surface area contributed by atoms with Gasteiger partial charge in [0.2, 0.25) is 11.9 Å². The first-order chi connectivity index (χ1) is 12.7. The van der Waals surface area contributed by atoms with Gasteiger partial charge in [-0.2, -0.15) is 0 Å². The summed E-state index contributed by atoms with van der Waals surface area (Å²) >= 11 is 11.7. The van der Waals surface area contributed by atoms with Gasteiger partial charge in [-0.15, -0.1) is 0 Å². The van der Waals surface area contributed by atoms with Gasteiger partial charge in [0, 0.05) is 17.9 Å². The first kappa shape index (κ1) is 21.1. The molecule has 0 bridgehead atoms. The van der Waals surface area contributed by atoms with Crippen LogP contribution in [0, 0.1) is 26.7 Å². The Morgan fingerprint density at radius 1 is 1.15 bits per heavy atom. The molecule has 2 rings (SSSR count). The molecule has 1 aromatic carbocycles. The number of hydrogen-bond acceptors (Lipinski definition) is 4. The summed E-state index contributed by atoms with van der Waals surface area (Å²) in [6, 6.07) is 7.64. The van der Waals surface area contributed by atoms with Gasteiger partial charge in [-0.1, -0.05) is 37.6 Å². The highest BCUT2D eigenvalue weighted by Crippen LogP contribution is 2.24. The minimum Gasteiger partial charge on any atom is -0.331 e. The fourth-order valence-corrected chi connectivity index (χ4v) is 2.66. The lowest BCUT2D eigenvalue weighted by atomic mass is 10.2. The predicted molar refractivity (Wildman–Crippen MR) is 118 cm³/mol. The van der Waals surface area contributed by atoms with Crippen molar-refractivity contribution in [3.63, 3.8) is 0 Å². The Kier molecular flexibility index (Phi) is 7.50. The Morgan fingerprint density at radius 3 is 2.44 bits per heavy atom. The second-order valence-corrected chi connectivity index (χ2v) is 7.48. The molecule has 0 spiro atoms. The number of guanidine groups is 1. The average molecular weight is 405 g/mol. The third-order valence-electron chi connectivity index (χ3n) is 3.50. The van der Waals surface area contributed by atoms with Crippen LogP contribution in [-0.2, 0) is 0 Å². The first-order valence-corrected chi connectivity index (χ1v) is 9.50. The summed E-state index contributed by atoms with van der Waals surface area (Å²) in [5, 5.41) is 10.3. The van der Waals surface area contributed by atoms with Gasteiger partial charge in [0.1, 0.15) is 0 Å². The minimum atomic E-state index is 0.377. The molecule has 0 aliphatic carbocycles. The number of rotatable bonds is 4. The maximum absolute atomic E-state index is 6.33. The van der Waals surface area contributed by atoms with E-state index in [0.29, 0.717) is 34.5 Å². The van der Waals surface area contributed by atoms with Crippen molar-refractivity contribution in [1.29, 1.82) is 0 Å². The molecule has 1 heterocycles. The third-order valence-corrected chi connectivity index (χ3v) is 4.20. The maximum Gasteiger partial charge on any atom is 0.229 e. The van der Waals surface area contributed by atoms with Crippen LogP contribution in [0.1, 0.15) is 30.8 Å². The summed E-state index contributed by atoms with van der Waals surface area (Å²) in [5.41, 5.74) is 3.46. The van der Waals surface area contributed by atoms with Gasteiger partial charge in [-0.3, -0.25) is 10.3 Å². The van der Waals surface area contributed by atoms with Crippen molar-refractivity contribution in [2.75, 3.05) is 17.2 Å². The number of aliphatic imine (C=N–C) groups is 1. The highest BCUT2D eigenvalue weighted by atomic mass is 35.5. The predicted octanol–water partition coefficient (Wildman–Crippen LogP) is 4.47. The van der Waals surface area contributed by atoms with Crippen molar-refractivity contribution in [3.05, 3.63) is 46.2 Å². The van der Waals surface area contributed by atoms with E-state index in [0.717, 1.165) is 22.6 Å². The molecule has 0 unspecified atom stereocenters. The lowest BCUT2D eigenvalue weighted by molar-refractivity contribution is 0.664. The molecule has 0 fully saturated rings. The largest absolute Gasteiger partial charge is 0.331 e. The summed E-state index contributed by atoms with van der Waals surface area (Å²) < 4.78 is 0. The molecule has 8 heteroatoms. The number of halogens is 1. The number of aryl methyl sites for hydroxylation is 3. The van der Waals surface area contributed by atoms with Crippen LogP contribution in [0.4, 0.5) is 11.6 Å². The van der Waals surface area contributed by atoms with E-state index in [2.05, 4.69) is 44.8 Å². The van der Waals surface area contributed by atoms with Crippen molar-refractivity contribution in [2.24, 2.45) is 10.9 Å². The number of nitrogens with one attached hydrogen (secondary N) is 3. The van der Waals surface area contributed by atoms with Gasteiger partial charge < -0.3 is 10.6 Å². The highest BCUT2D eigenvalue weighted by Gasteiger charge is 2.09. The van der Waals surface area contributed by atoms with E-state index in [-0.39, 0.29) is 0 Å². The molecule has 0 radical (unpaired) electrons. The zero-order chi connectivity index (χ0) is 20.0. The van der Waals surface area contributed by atoms with E-state index in [1.807, 2.05) is 45.0 Å². The molecular formula is C19H25ClN6S. The molecule has 0 aliphatic heterocycles. The second-order valence-electron chi connectivity index (χ2n) is 6.70. The molecular weight excluding hydrogens is 380 g/mol. The summed E-state index contributed by atoms with van der Waals surface area (Å²) in [5.74, 6) is 1.35. The van der Waals surface area contributed by atoms with Gasteiger partial charge in [0.05, 0.1) is 10.7 Å². The molecule has 0 atom stereocenters. The van der Waals surface area contributed by atoms with Crippen LogP contribution in [0.5, 0.6) is 0 Å². The maximum atomic E-state index is 6.33. The van der Waals surface area contributed by atoms with Crippen molar-refractivity contribution in [2.45, 2.75) is 34.6 Å². The van der Waals surface area contributed by atoms with Crippen LogP contribution in [0.25, 0.3) is 0 Å². The van der Waals surface area contributed by atoms with Crippen LogP contribution >= 0.6 is 23.8 Å². The molecule has 0 saturated carbocycles. The summed E-state index contributed by atoms with van der Waals surface area (Å²) in [6.45, 7) is 10.6. The summed E-state index contributed by atoms with van der Waals surface area (Å²) in [4.78, 5) is 13.3. The minimum absolute atomic E-state index is 0.377. The van der Waals surface area contributed by atoms with E-state index in [9.17, 15) is 0 Å². The zero-order valence-electron chi connectivity index (χ0n) is 16.2. The molecule has 3 N–H and O–H groups in total. The van der Waals surface area contributed by atoms with Crippen molar-refractivity contribution >= 4 is 46.5 Å². The number of nitrogens with zero attached hydrogens (tertiary/aromatic N) is 3. The number of thiocarbonyl (C=S) groups is 1. The molecule has 27 heavy (non-hydrogen) atoms. The van der Waals surface area contributed by atoms with Gasteiger partial charge in [0.15, 0.2) is 5.11 Å². The summed E-state index contributed by atoms with van der Waals surface area (Å²) in [6.07, 6.45) is 0. The van der Waals surface area contributed by atoms with E-state index >= 15 is 0 Å². The van der Waals surface area contributed by atoms with Crippen molar-refractivity contribution in [1.82, 2.24) is 15.3 Å². The van der Waals surface area contributed by atoms with Crippen molar-refractivity contribution < 1.29 is 0 Å². The molecule has 1 aromatic heterocycles. The number of hydrogen-bond donors (Lipinski definition) is 3. The molecule has 144 valence electrons. The number of anilines is 2. The molecule has 2 aromatic rings. The normalized spacial score (nSPS) is 11.4. The van der Waals surface area contributed by atoms with Crippen molar-refractivity contribution in [3.8, 4) is 0 Å². The Hall–Kier alpha value is -2.25. The van der Waals surface area contributed by atoms with Gasteiger partial charge in [-0.05, 0) is 56.6 Å². The van der Waals surface area contributed by atoms with Gasteiger partial charge in [0.25, 0.3) is 0 Å². The fourth-order valence-electron chi connectivity index (χ4n) is 2.28. The smallest absolute Gasteiger partial charge is 0.229 e. The first-order valence-electron chi connectivity index (χ1n) is 8.71. The van der Waals surface area contributed by atoms with Crippen LogP contribution in [0.15, 0.2) is 29.3 Å². The Labute approximate surface area is 170 Å². The van der Waals surface area contributed by atoms with E-state index in [4.69, 9.17) is 23.8 Å². The van der Waals surface area contributed by atoms with Gasteiger partial charge in [-0.25, -0.2) is 9.97 Å².